The average molecular weight is 562 g/mol. The number of imidazole rings is 1. The lowest BCUT2D eigenvalue weighted by molar-refractivity contribution is -0.118. The van der Waals surface area contributed by atoms with E-state index in [1.54, 1.807) is 12.1 Å². The molecule has 0 saturated carbocycles. The molecule has 3 aromatic carbocycles. The van der Waals surface area contributed by atoms with Gasteiger partial charge < -0.3 is 15.0 Å². The number of tetrazole rings is 1. The molecule has 0 saturated heterocycles. The normalized spacial score (nSPS) is 11.0. The van der Waals surface area contributed by atoms with Crippen molar-refractivity contribution in [2.75, 3.05) is 0 Å². The van der Waals surface area contributed by atoms with E-state index in [1.807, 2.05) is 60.8 Å². The fraction of sp³-hybridized carbons (Fsp3) is 0.179. The number of halogens is 2. The summed E-state index contributed by atoms with van der Waals surface area (Å²) in [7, 11) is 0. The van der Waals surface area contributed by atoms with Crippen LogP contribution < -0.4 is 10.5 Å². The van der Waals surface area contributed by atoms with E-state index in [4.69, 9.17) is 38.7 Å². The Bertz CT molecular complexity index is 1550. The van der Waals surface area contributed by atoms with Crippen molar-refractivity contribution >= 4 is 29.1 Å². The van der Waals surface area contributed by atoms with E-state index in [2.05, 4.69) is 25.2 Å². The van der Waals surface area contributed by atoms with Crippen LogP contribution >= 0.6 is 23.2 Å². The molecule has 5 aromatic rings. The molecule has 11 heteroatoms. The van der Waals surface area contributed by atoms with E-state index in [0.717, 1.165) is 40.4 Å². The Hall–Kier alpha value is -4.21. The molecule has 9 nitrogen and oxygen atoms in total. The fourth-order valence-corrected chi connectivity index (χ4v) is 4.68. The molecule has 0 spiro atoms. The first kappa shape index (κ1) is 26.4. The number of ether oxygens (including phenoxy) is 1. The number of primary amides is 1. The van der Waals surface area contributed by atoms with Crippen LogP contribution in [0.3, 0.4) is 0 Å². The lowest BCUT2D eigenvalue weighted by atomic mass is 10.1. The largest absolute Gasteiger partial charge is 0.457 e. The van der Waals surface area contributed by atoms with Crippen molar-refractivity contribution in [3.8, 4) is 34.1 Å². The third kappa shape index (κ3) is 6.81. The Morgan fingerprint density at radius 3 is 2.38 bits per heavy atom. The first-order valence-electron chi connectivity index (χ1n) is 12.3. The van der Waals surface area contributed by atoms with Gasteiger partial charge in [0.1, 0.15) is 17.3 Å². The average Bonchev–Trinajstić information content (AvgIpc) is 3.59. The van der Waals surface area contributed by atoms with Crippen molar-refractivity contribution in [1.29, 1.82) is 0 Å². The predicted octanol–water partition coefficient (Wildman–Crippen LogP) is 5.88. The number of nitrogens with two attached hydrogens (primary N) is 1. The number of carbonyl (C=O) groups excluding carboxylic acids is 1. The molecule has 0 fully saturated rings. The SMILES string of the molecule is NC(=O)CCCn1cc(-c2ccc(Cl)cc2Cl)nc1CCc1ccc(Oc2ccc(-c3nn[nH]n3)cc2)cc1. The lowest BCUT2D eigenvalue weighted by Crippen LogP contribution is -2.12. The van der Waals surface area contributed by atoms with Crippen LogP contribution in [0.1, 0.15) is 24.2 Å². The maximum atomic E-state index is 11.2. The maximum Gasteiger partial charge on any atom is 0.217 e. The minimum atomic E-state index is -0.317. The molecular formula is C28H25Cl2N7O2. The molecule has 0 unspecified atom stereocenters. The molecule has 0 aliphatic heterocycles. The molecule has 3 N–H and O–H groups in total. The van der Waals surface area contributed by atoms with Crippen molar-refractivity contribution in [3.63, 3.8) is 0 Å². The lowest BCUT2D eigenvalue weighted by Gasteiger charge is -2.09. The maximum absolute atomic E-state index is 11.2. The van der Waals surface area contributed by atoms with Crippen LogP contribution in [0.15, 0.2) is 72.9 Å². The number of aromatic amines is 1. The van der Waals surface area contributed by atoms with E-state index < -0.39 is 0 Å². The highest BCUT2D eigenvalue weighted by Gasteiger charge is 2.13. The van der Waals surface area contributed by atoms with Crippen molar-refractivity contribution in [2.45, 2.75) is 32.2 Å². The number of carbonyl (C=O) groups is 1. The van der Waals surface area contributed by atoms with Gasteiger partial charge >= 0.3 is 0 Å². The molecule has 198 valence electrons. The summed E-state index contributed by atoms with van der Waals surface area (Å²) < 4.78 is 8.05. The zero-order valence-electron chi connectivity index (χ0n) is 20.8. The fourth-order valence-electron chi connectivity index (χ4n) is 4.17. The minimum Gasteiger partial charge on any atom is -0.457 e. The highest BCUT2D eigenvalue weighted by atomic mass is 35.5. The van der Waals surface area contributed by atoms with Gasteiger partial charge in [-0.25, -0.2) is 4.98 Å². The number of benzene rings is 3. The van der Waals surface area contributed by atoms with Gasteiger partial charge in [0.05, 0.1) is 10.7 Å². The summed E-state index contributed by atoms with van der Waals surface area (Å²) in [6, 6.07) is 20.8. The van der Waals surface area contributed by atoms with E-state index in [1.165, 1.54) is 0 Å². The Kier molecular flexibility index (Phi) is 8.19. The zero-order chi connectivity index (χ0) is 27.2. The van der Waals surface area contributed by atoms with E-state index in [-0.39, 0.29) is 5.91 Å². The number of nitrogens with one attached hydrogen (secondary N) is 1. The van der Waals surface area contributed by atoms with Crippen molar-refractivity contribution in [2.24, 2.45) is 5.73 Å². The predicted molar refractivity (Wildman–Crippen MR) is 150 cm³/mol. The summed E-state index contributed by atoms with van der Waals surface area (Å²) in [4.78, 5) is 16.1. The van der Waals surface area contributed by atoms with Gasteiger partial charge in [0.15, 0.2) is 0 Å². The summed E-state index contributed by atoms with van der Waals surface area (Å²) in [5.41, 5.74) is 8.90. The molecule has 0 aliphatic rings. The Morgan fingerprint density at radius 1 is 0.974 bits per heavy atom. The summed E-state index contributed by atoms with van der Waals surface area (Å²) in [5, 5.41) is 15.1. The Morgan fingerprint density at radius 2 is 1.72 bits per heavy atom. The minimum absolute atomic E-state index is 0.315. The van der Waals surface area contributed by atoms with Gasteiger partial charge in [-0.3, -0.25) is 4.79 Å². The second-order valence-corrected chi connectivity index (χ2v) is 9.78. The molecule has 0 atom stereocenters. The van der Waals surface area contributed by atoms with Crippen LogP contribution in [0.2, 0.25) is 10.0 Å². The first-order chi connectivity index (χ1) is 18.9. The molecule has 5 rings (SSSR count). The molecule has 39 heavy (non-hydrogen) atoms. The number of H-pyrrole nitrogens is 1. The van der Waals surface area contributed by atoms with Gasteiger partial charge in [0.2, 0.25) is 11.7 Å². The van der Waals surface area contributed by atoms with Gasteiger partial charge in [0.25, 0.3) is 0 Å². The number of nitrogens with zero attached hydrogens (tertiary/aromatic N) is 5. The van der Waals surface area contributed by atoms with Crippen LogP contribution in [0.4, 0.5) is 0 Å². The van der Waals surface area contributed by atoms with E-state index >= 15 is 0 Å². The van der Waals surface area contributed by atoms with Crippen molar-refractivity contribution < 1.29 is 9.53 Å². The summed E-state index contributed by atoms with van der Waals surface area (Å²) >= 11 is 12.5. The van der Waals surface area contributed by atoms with Gasteiger partial charge in [-0.05, 0) is 78.2 Å². The quantitative estimate of drug-likeness (QED) is 0.207. The van der Waals surface area contributed by atoms with Crippen molar-refractivity contribution in [1.82, 2.24) is 30.2 Å². The van der Waals surface area contributed by atoms with Gasteiger partial charge in [-0.15, -0.1) is 10.2 Å². The third-order valence-electron chi connectivity index (χ3n) is 6.14. The topological polar surface area (TPSA) is 125 Å². The highest BCUT2D eigenvalue weighted by molar-refractivity contribution is 6.36. The zero-order valence-corrected chi connectivity index (χ0v) is 22.4. The number of amides is 1. The first-order valence-corrected chi connectivity index (χ1v) is 13.1. The number of hydrogen-bond acceptors (Lipinski definition) is 6. The van der Waals surface area contributed by atoms with Crippen LogP contribution in [-0.2, 0) is 24.2 Å². The summed E-state index contributed by atoms with van der Waals surface area (Å²) in [6.07, 6.45) is 4.40. The summed E-state index contributed by atoms with van der Waals surface area (Å²) in [5.74, 6) is 2.56. The molecule has 2 heterocycles. The number of rotatable bonds is 11. The van der Waals surface area contributed by atoms with Crippen LogP contribution in [0, 0.1) is 0 Å². The molecule has 1 amide bonds. The molecule has 0 bridgehead atoms. The molecular weight excluding hydrogens is 537 g/mol. The summed E-state index contributed by atoms with van der Waals surface area (Å²) in [6.45, 7) is 0.634. The second-order valence-electron chi connectivity index (χ2n) is 8.94. The van der Waals surface area contributed by atoms with Crippen molar-refractivity contribution in [3.05, 3.63) is 94.4 Å². The van der Waals surface area contributed by atoms with Crippen LogP contribution in [0.5, 0.6) is 11.5 Å². The molecule has 0 radical (unpaired) electrons. The van der Waals surface area contributed by atoms with Crippen LogP contribution in [0.25, 0.3) is 22.6 Å². The Balaban J connectivity index is 1.25. The third-order valence-corrected chi connectivity index (χ3v) is 6.69. The van der Waals surface area contributed by atoms with E-state index in [0.29, 0.717) is 47.4 Å². The Labute approximate surface area is 234 Å². The van der Waals surface area contributed by atoms with Gasteiger partial charge in [-0.1, -0.05) is 35.3 Å². The van der Waals surface area contributed by atoms with Gasteiger partial charge in [-0.2, -0.15) is 5.21 Å². The number of hydrogen-bond donors (Lipinski definition) is 2. The van der Waals surface area contributed by atoms with Crippen LogP contribution in [-0.4, -0.2) is 36.1 Å². The standard InChI is InChI=1S/C28H25Cl2N7O2/c29-20-8-13-23(24(30)16-20)25-17-37(15-1-2-26(31)38)27(32-25)14-5-18-3-9-21(10-4-18)39-22-11-6-19(7-12-22)28-33-35-36-34-28/h3-4,6-13,16-17H,1-2,5,14-15H2,(H2,31,38)(H,33,34,35,36). The number of aromatic nitrogens is 6. The molecule has 0 aliphatic carbocycles. The number of aryl methyl sites for hydroxylation is 3. The molecule has 2 aromatic heterocycles. The van der Waals surface area contributed by atoms with Gasteiger partial charge in [0, 0.05) is 41.7 Å². The van der Waals surface area contributed by atoms with E-state index in [9.17, 15) is 4.79 Å². The monoisotopic (exact) mass is 561 g/mol. The smallest absolute Gasteiger partial charge is 0.217 e. The second kappa shape index (κ2) is 12.1. The highest BCUT2D eigenvalue weighted by Crippen LogP contribution is 2.30.